The summed E-state index contributed by atoms with van der Waals surface area (Å²) in [5.41, 5.74) is 0. The van der Waals surface area contributed by atoms with E-state index >= 15 is 0 Å². The molecule has 0 rings (SSSR count). The Hall–Kier alpha value is -0.120. The number of hydrogen-bond acceptors (Lipinski definition) is 2. The Labute approximate surface area is 185 Å². The van der Waals surface area contributed by atoms with E-state index in [-0.39, 0.29) is 0 Å². The molecule has 0 radical (unpaired) electrons. The fraction of sp³-hybridized carbons (Fsp3) is 1.00. The van der Waals surface area contributed by atoms with E-state index in [4.69, 9.17) is 0 Å². The van der Waals surface area contributed by atoms with E-state index in [1.807, 2.05) is 0 Å². The van der Waals surface area contributed by atoms with Crippen LogP contribution in [0.2, 0.25) is 0 Å². The van der Waals surface area contributed by atoms with Gasteiger partial charge in [-0.1, -0.05) is 84.0 Å². The van der Waals surface area contributed by atoms with Crippen LogP contribution >= 0.6 is 0 Å². The molecule has 0 aliphatic carbocycles. The molecule has 0 atom stereocenters. The minimum atomic E-state index is 1.16. The van der Waals surface area contributed by atoms with Gasteiger partial charge in [0.05, 0.1) is 27.2 Å². The summed E-state index contributed by atoms with van der Waals surface area (Å²) >= 11 is 0. The van der Waals surface area contributed by atoms with Gasteiger partial charge in [0.15, 0.2) is 0 Å². The highest BCUT2D eigenvalue weighted by molar-refractivity contribution is 4.52. The molecule has 0 fully saturated rings. The maximum atomic E-state index is 3.60. The number of hydrogen-bond donors (Lipinski definition) is 1. The molecule has 3 nitrogen and oxygen atoms in total. The van der Waals surface area contributed by atoms with Gasteiger partial charge in [0.2, 0.25) is 0 Å². The van der Waals surface area contributed by atoms with Crippen molar-refractivity contribution < 1.29 is 4.48 Å². The molecule has 3 heteroatoms. The number of rotatable bonds is 23. The average Bonchev–Trinajstić information content (AvgIpc) is 2.67. The fourth-order valence-electron chi connectivity index (χ4n) is 4.12. The fourth-order valence-corrected chi connectivity index (χ4v) is 4.12. The zero-order valence-corrected chi connectivity index (χ0v) is 21.2. The van der Waals surface area contributed by atoms with E-state index in [2.05, 4.69) is 45.3 Å². The summed E-state index contributed by atoms with van der Waals surface area (Å²) < 4.78 is 1.19. The van der Waals surface area contributed by atoms with Crippen LogP contribution in [0.3, 0.4) is 0 Å². The predicted molar refractivity (Wildman–Crippen MR) is 133 cm³/mol. The minimum Gasteiger partial charge on any atom is -0.328 e. The Kier molecular flexibility index (Phi) is 21.0. The Balaban J connectivity index is 3.29. The molecule has 0 saturated heterocycles. The van der Waals surface area contributed by atoms with Gasteiger partial charge in [-0.15, -0.1) is 0 Å². The molecule has 0 saturated carbocycles. The van der Waals surface area contributed by atoms with Crippen LogP contribution in [0, 0.1) is 0 Å². The first-order chi connectivity index (χ1) is 14.0. The van der Waals surface area contributed by atoms with Crippen molar-refractivity contribution in [1.82, 2.24) is 10.2 Å². The lowest BCUT2D eigenvalue weighted by atomic mass is 10.0. The van der Waals surface area contributed by atoms with Gasteiger partial charge >= 0.3 is 0 Å². The molecule has 0 bridgehead atoms. The van der Waals surface area contributed by atoms with Crippen molar-refractivity contribution in [3.05, 3.63) is 0 Å². The second kappa shape index (κ2) is 21.1. The van der Waals surface area contributed by atoms with Crippen molar-refractivity contribution in [3.8, 4) is 0 Å². The Morgan fingerprint density at radius 1 is 0.552 bits per heavy atom. The third-order valence-electron chi connectivity index (χ3n) is 6.19. The van der Waals surface area contributed by atoms with Crippen molar-refractivity contribution in [2.75, 3.05) is 60.9 Å². The highest BCUT2D eigenvalue weighted by Crippen LogP contribution is 2.13. The normalized spacial score (nSPS) is 12.2. The average molecular weight is 413 g/mol. The third kappa shape index (κ3) is 24.0. The largest absolute Gasteiger partial charge is 0.328 e. The highest BCUT2D eigenvalue weighted by atomic mass is 15.3. The minimum absolute atomic E-state index is 1.16. The molecule has 0 heterocycles. The van der Waals surface area contributed by atoms with Crippen LogP contribution in [0.1, 0.15) is 110 Å². The van der Waals surface area contributed by atoms with Crippen LogP contribution in [-0.2, 0) is 0 Å². The van der Waals surface area contributed by atoms with Gasteiger partial charge in [0.1, 0.15) is 0 Å². The first kappa shape index (κ1) is 28.9. The van der Waals surface area contributed by atoms with Gasteiger partial charge in [-0.2, -0.15) is 0 Å². The summed E-state index contributed by atoms with van der Waals surface area (Å²) in [6.45, 7) is 8.47. The molecule has 0 aromatic carbocycles. The molecule has 0 amide bonds. The molecule has 176 valence electrons. The Morgan fingerprint density at radius 2 is 0.966 bits per heavy atom. The molecule has 0 aliphatic heterocycles. The summed E-state index contributed by atoms with van der Waals surface area (Å²) in [5.74, 6) is 0. The van der Waals surface area contributed by atoms with Gasteiger partial charge < -0.3 is 14.7 Å². The zero-order chi connectivity index (χ0) is 21.6. The summed E-state index contributed by atoms with van der Waals surface area (Å²) in [5, 5.41) is 3.60. The predicted octanol–water partition coefficient (Wildman–Crippen LogP) is 6.48. The summed E-state index contributed by atoms with van der Waals surface area (Å²) in [6.07, 6.45) is 22.9. The van der Waals surface area contributed by atoms with Crippen molar-refractivity contribution >= 4 is 0 Å². The monoisotopic (exact) mass is 412 g/mol. The quantitative estimate of drug-likeness (QED) is 0.153. The first-order valence-corrected chi connectivity index (χ1v) is 13.2. The molecule has 0 unspecified atom stereocenters. The van der Waals surface area contributed by atoms with Gasteiger partial charge in [-0.3, -0.25) is 0 Å². The maximum absolute atomic E-state index is 3.60. The van der Waals surface area contributed by atoms with E-state index in [0.29, 0.717) is 0 Å². The van der Waals surface area contributed by atoms with Crippen LogP contribution < -0.4 is 5.32 Å². The molecule has 1 N–H and O–H groups in total. The van der Waals surface area contributed by atoms with Crippen molar-refractivity contribution in [1.29, 1.82) is 0 Å². The number of nitrogens with one attached hydrogen (secondary N) is 1. The summed E-state index contributed by atoms with van der Waals surface area (Å²) in [4.78, 5) is 2.26. The molecular weight excluding hydrogens is 354 g/mol. The molecule has 0 aromatic heterocycles. The first-order valence-electron chi connectivity index (χ1n) is 13.2. The van der Waals surface area contributed by atoms with Crippen molar-refractivity contribution in [2.24, 2.45) is 0 Å². The number of quaternary nitrogens is 1. The van der Waals surface area contributed by atoms with E-state index in [9.17, 15) is 0 Å². The number of unbranched alkanes of at least 4 members (excludes halogenated alkanes) is 13. The van der Waals surface area contributed by atoms with Crippen molar-refractivity contribution in [3.63, 3.8) is 0 Å². The van der Waals surface area contributed by atoms with Crippen molar-refractivity contribution in [2.45, 2.75) is 110 Å². The Bertz CT molecular complexity index is 315. The zero-order valence-electron chi connectivity index (χ0n) is 21.2. The van der Waals surface area contributed by atoms with Crippen LogP contribution in [0.25, 0.3) is 0 Å². The summed E-state index contributed by atoms with van der Waals surface area (Å²) in [6, 6.07) is 0. The van der Waals surface area contributed by atoms with Crippen LogP contribution in [0.4, 0.5) is 0 Å². The van der Waals surface area contributed by atoms with E-state index in [1.54, 1.807) is 0 Å². The molecular formula is C26H58N3+. The molecule has 0 aromatic rings. The van der Waals surface area contributed by atoms with Crippen LogP contribution in [-0.4, -0.2) is 70.3 Å². The summed E-state index contributed by atoms with van der Waals surface area (Å²) in [7, 11) is 9.12. The second-order valence-electron chi connectivity index (χ2n) is 10.2. The van der Waals surface area contributed by atoms with E-state index in [0.717, 1.165) is 6.54 Å². The highest BCUT2D eigenvalue weighted by Gasteiger charge is 2.13. The molecule has 0 spiro atoms. The van der Waals surface area contributed by atoms with Gasteiger partial charge in [0, 0.05) is 13.0 Å². The van der Waals surface area contributed by atoms with Gasteiger partial charge in [-0.05, 0) is 46.4 Å². The van der Waals surface area contributed by atoms with E-state index in [1.165, 1.54) is 133 Å². The topological polar surface area (TPSA) is 15.3 Å². The Morgan fingerprint density at radius 3 is 1.45 bits per heavy atom. The number of nitrogens with zero attached hydrogens (tertiary/aromatic N) is 2. The van der Waals surface area contributed by atoms with Crippen LogP contribution in [0.5, 0.6) is 0 Å². The smallest absolute Gasteiger partial charge is 0.0794 e. The molecule has 29 heavy (non-hydrogen) atoms. The van der Waals surface area contributed by atoms with Crippen LogP contribution in [0.15, 0.2) is 0 Å². The standard InChI is InChI=1S/C26H58N3/c1-6-7-8-9-10-11-12-13-14-15-16-17-18-19-25-29(4,5)26-21-23-27-22-20-24-28(2)3/h27H,6-26H2,1-5H3/q+1. The maximum Gasteiger partial charge on any atom is 0.0794 e. The lowest BCUT2D eigenvalue weighted by Gasteiger charge is -2.30. The second-order valence-corrected chi connectivity index (χ2v) is 10.2. The SMILES string of the molecule is CCCCCCCCCCCCCCCC[N+](C)(C)CCCNCCCN(C)C. The lowest BCUT2D eigenvalue weighted by molar-refractivity contribution is -0.890. The van der Waals surface area contributed by atoms with E-state index < -0.39 is 0 Å². The van der Waals surface area contributed by atoms with Gasteiger partial charge in [0.25, 0.3) is 0 Å². The lowest BCUT2D eigenvalue weighted by Crippen LogP contribution is -2.42. The molecule has 0 aliphatic rings. The third-order valence-corrected chi connectivity index (χ3v) is 6.19. The van der Waals surface area contributed by atoms with Gasteiger partial charge in [-0.25, -0.2) is 0 Å².